The van der Waals surface area contributed by atoms with Gasteiger partial charge in [0, 0.05) is 55.2 Å². The number of carbonyl (C=O) groups is 3. The number of hydrogen-bond acceptors (Lipinski definition) is 7. The van der Waals surface area contributed by atoms with Gasteiger partial charge in [0.2, 0.25) is 11.8 Å². The van der Waals surface area contributed by atoms with Gasteiger partial charge in [-0.1, -0.05) is 44.1 Å². The van der Waals surface area contributed by atoms with Crippen LogP contribution in [0.2, 0.25) is 0 Å². The molecule has 0 aromatic heterocycles. The van der Waals surface area contributed by atoms with Gasteiger partial charge in [-0.25, -0.2) is 0 Å². The number of fused-ring (bicyclic) bond motifs is 1. The largest absolute Gasteiger partial charge is 0.394 e. The maximum Gasteiger partial charge on any atom is 0.269 e. The summed E-state index contributed by atoms with van der Waals surface area (Å²) in [6.45, 7) is 2.92. The molecule has 3 aliphatic rings. The Morgan fingerprint density at radius 1 is 1.09 bits per heavy atom. The Morgan fingerprint density at radius 3 is 2.57 bits per heavy atom. The van der Waals surface area contributed by atoms with Crippen molar-refractivity contribution in [2.24, 2.45) is 5.92 Å². The molecule has 2 saturated heterocycles. The summed E-state index contributed by atoms with van der Waals surface area (Å²) in [7, 11) is 0. The van der Waals surface area contributed by atoms with Gasteiger partial charge in [-0.2, -0.15) is 0 Å². The number of non-ortho nitro benzene ring substituents is 1. The molecular formula is C33H40N4O7. The first-order valence-electron chi connectivity index (χ1n) is 15.4. The number of aliphatic hydroxyl groups is 2. The molecule has 2 N–H and O–H groups in total. The molecule has 5 rings (SSSR count). The van der Waals surface area contributed by atoms with E-state index >= 15 is 0 Å². The van der Waals surface area contributed by atoms with Gasteiger partial charge < -0.3 is 24.9 Å². The highest BCUT2D eigenvalue weighted by molar-refractivity contribution is 6.07. The van der Waals surface area contributed by atoms with Crippen LogP contribution in [-0.4, -0.2) is 63.5 Å². The summed E-state index contributed by atoms with van der Waals surface area (Å²) >= 11 is 0. The zero-order chi connectivity index (χ0) is 31.4. The molecule has 11 nitrogen and oxygen atoms in total. The van der Waals surface area contributed by atoms with Gasteiger partial charge >= 0.3 is 0 Å². The number of aliphatic hydroxyl groups excluding tert-OH is 1. The van der Waals surface area contributed by atoms with Crippen LogP contribution in [0.15, 0.2) is 54.6 Å². The van der Waals surface area contributed by atoms with Crippen molar-refractivity contribution in [3.05, 3.63) is 75.9 Å². The second-order valence-electron chi connectivity index (χ2n) is 12.0. The molecule has 0 saturated carbocycles. The maximum absolute atomic E-state index is 13.9. The average molecular weight is 605 g/mol. The van der Waals surface area contributed by atoms with Gasteiger partial charge in [-0.3, -0.25) is 24.5 Å². The fraction of sp³-hybridized carbons (Fsp3) is 0.485. The highest BCUT2D eigenvalue weighted by Crippen LogP contribution is 2.47. The van der Waals surface area contributed by atoms with Gasteiger partial charge in [-0.05, 0) is 49.4 Å². The molecule has 2 fully saturated rings. The fourth-order valence-electron chi connectivity index (χ4n) is 6.59. The molecule has 44 heavy (non-hydrogen) atoms. The van der Waals surface area contributed by atoms with Crippen LogP contribution in [0.3, 0.4) is 0 Å². The van der Waals surface area contributed by atoms with Crippen LogP contribution in [0.5, 0.6) is 0 Å². The maximum atomic E-state index is 13.9. The number of rotatable bonds is 9. The molecule has 3 amide bonds. The lowest BCUT2D eigenvalue weighted by atomic mass is 9.82. The normalized spacial score (nSPS) is 23.2. The lowest BCUT2D eigenvalue weighted by Crippen LogP contribution is -2.44. The molecule has 0 unspecified atom stereocenters. The summed E-state index contributed by atoms with van der Waals surface area (Å²) in [5.74, 6) is -1.46. The van der Waals surface area contributed by atoms with E-state index in [1.165, 1.54) is 23.1 Å². The monoisotopic (exact) mass is 604 g/mol. The van der Waals surface area contributed by atoms with Gasteiger partial charge in [-0.15, -0.1) is 0 Å². The van der Waals surface area contributed by atoms with Crippen LogP contribution in [0.1, 0.15) is 69.4 Å². The average Bonchev–Trinajstić information content (AvgIpc) is 3.57. The first kappa shape index (κ1) is 31.3. The van der Waals surface area contributed by atoms with E-state index in [1.807, 2.05) is 29.2 Å². The first-order chi connectivity index (χ1) is 21.1. The van der Waals surface area contributed by atoms with E-state index in [2.05, 4.69) is 0 Å². The van der Waals surface area contributed by atoms with Crippen molar-refractivity contribution >= 4 is 34.8 Å². The van der Waals surface area contributed by atoms with E-state index in [0.29, 0.717) is 25.2 Å². The Labute approximate surface area is 256 Å². The summed E-state index contributed by atoms with van der Waals surface area (Å²) < 4.78 is 0. The van der Waals surface area contributed by atoms with Crippen molar-refractivity contribution in [1.29, 1.82) is 0 Å². The SMILES string of the molecule is C[C@H](/C=C/CC(=O)N1CCC[C@H]1CO)[C@@]1(O)C(=O)N(Cc2ccc(N3CCCCCCC3=O)cc2)c2ccc([N+](=O)[O-])cc21. The number of hydrogen-bond donors (Lipinski definition) is 2. The third kappa shape index (κ3) is 6.11. The lowest BCUT2D eigenvalue weighted by Gasteiger charge is -2.28. The van der Waals surface area contributed by atoms with E-state index in [0.717, 1.165) is 49.8 Å². The van der Waals surface area contributed by atoms with E-state index in [9.17, 15) is 34.7 Å². The van der Waals surface area contributed by atoms with Crippen LogP contribution < -0.4 is 9.80 Å². The highest BCUT2D eigenvalue weighted by atomic mass is 16.6. The lowest BCUT2D eigenvalue weighted by molar-refractivity contribution is -0.385. The molecule has 0 aliphatic carbocycles. The van der Waals surface area contributed by atoms with Crippen LogP contribution in [0.25, 0.3) is 0 Å². The Kier molecular flexibility index (Phi) is 9.45. The minimum atomic E-state index is -2.08. The second-order valence-corrected chi connectivity index (χ2v) is 12.0. The highest BCUT2D eigenvalue weighted by Gasteiger charge is 2.53. The summed E-state index contributed by atoms with van der Waals surface area (Å²) in [6, 6.07) is 11.3. The van der Waals surface area contributed by atoms with Crippen LogP contribution in [0.4, 0.5) is 17.1 Å². The van der Waals surface area contributed by atoms with Crippen molar-refractivity contribution in [1.82, 2.24) is 4.90 Å². The van der Waals surface area contributed by atoms with Gasteiger partial charge in [0.05, 0.1) is 29.8 Å². The van der Waals surface area contributed by atoms with E-state index in [1.54, 1.807) is 24.0 Å². The molecular weight excluding hydrogens is 564 g/mol. The number of amides is 3. The molecule has 11 heteroatoms. The minimum absolute atomic E-state index is 0.0441. The molecule has 3 atom stereocenters. The predicted octanol–water partition coefficient (Wildman–Crippen LogP) is 4.19. The Morgan fingerprint density at radius 2 is 1.84 bits per heavy atom. The third-order valence-electron chi connectivity index (χ3n) is 9.16. The number of anilines is 2. The van der Waals surface area contributed by atoms with Crippen molar-refractivity contribution in [3.8, 4) is 0 Å². The minimum Gasteiger partial charge on any atom is -0.394 e. The quantitative estimate of drug-likeness (QED) is 0.248. The number of nitrogens with zero attached hydrogens (tertiary/aromatic N) is 4. The van der Waals surface area contributed by atoms with E-state index in [4.69, 9.17) is 0 Å². The summed E-state index contributed by atoms with van der Waals surface area (Å²) in [5, 5.41) is 33.1. The molecule has 3 aliphatic heterocycles. The van der Waals surface area contributed by atoms with Crippen LogP contribution >= 0.6 is 0 Å². The molecule has 0 radical (unpaired) electrons. The van der Waals surface area contributed by atoms with Crippen molar-refractivity contribution < 1.29 is 29.5 Å². The molecule has 2 aromatic carbocycles. The van der Waals surface area contributed by atoms with Crippen molar-refractivity contribution in [2.45, 2.75) is 76.5 Å². The summed E-state index contributed by atoms with van der Waals surface area (Å²) in [6.07, 6.45) is 9.34. The molecule has 0 spiro atoms. The first-order valence-corrected chi connectivity index (χ1v) is 15.4. The fourth-order valence-corrected chi connectivity index (χ4v) is 6.59. The molecule has 0 bridgehead atoms. The standard InChI is InChI=1S/C33H40N4O7/c1-23(8-6-11-31(40)35-19-7-9-27(35)22-38)33(42)28-20-26(37(43)44)16-17-29(28)36(32(33)41)21-24-12-14-25(15-13-24)34-18-5-3-2-4-10-30(34)39/h6,8,12-17,20,23,27,38,42H,2-5,7,9-11,18-19,21-22H2,1H3/b8-6+/t23-,27+,33+/m1/s1. The third-order valence-corrected chi connectivity index (χ3v) is 9.16. The number of likely N-dealkylation sites (tertiary alicyclic amines) is 1. The smallest absolute Gasteiger partial charge is 0.269 e. The van der Waals surface area contributed by atoms with Gasteiger partial charge in [0.25, 0.3) is 11.6 Å². The Bertz CT molecular complexity index is 1440. The second kappa shape index (κ2) is 13.3. The van der Waals surface area contributed by atoms with Gasteiger partial charge in [0.1, 0.15) is 0 Å². The topological polar surface area (TPSA) is 145 Å². The Balaban J connectivity index is 1.37. The number of nitro benzene ring substituents is 1. The van der Waals surface area contributed by atoms with Crippen LogP contribution in [0, 0.1) is 16.0 Å². The molecule has 2 aromatic rings. The van der Waals surface area contributed by atoms with Crippen molar-refractivity contribution in [3.63, 3.8) is 0 Å². The van der Waals surface area contributed by atoms with E-state index in [-0.39, 0.29) is 48.7 Å². The Hall–Kier alpha value is -4.09. The van der Waals surface area contributed by atoms with Crippen LogP contribution in [-0.2, 0) is 26.5 Å². The summed E-state index contributed by atoms with van der Waals surface area (Å²) in [5.41, 5.74) is -0.233. The number of benzene rings is 2. The predicted molar refractivity (Wildman–Crippen MR) is 165 cm³/mol. The zero-order valence-electron chi connectivity index (χ0n) is 25.1. The van der Waals surface area contributed by atoms with Crippen molar-refractivity contribution in [2.75, 3.05) is 29.5 Å². The number of carbonyl (C=O) groups excluding carboxylic acids is 3. The molecule has 3 heterocycles. The zero-order valence-corrected chi connectivity index (χ0v) is 25.1. The summed E-state index contributed by atoms with van der Waals surface area (Å²) in [4.78, 5) is 55.3. The van der Waals surface area contributed by atoms with E-state index < -0.39 is 22.3 Å². The molecule has 234 valence electrons. The van der Waals surface area contributed by atoms with Gasteiger partial charge in [0.15, 0.2) is 5.60 Å². The number of nitro groups is 1.